The number of non-ortho nitro benzene ring substituents is 1. The standard InChI is InChI=1S/C22H22N2O6/c1-12(16-10-17-13(2)14(3)30-20(17)11-19(16)28-4)8-22(25)23-18-7-6-15(24(26)27)9-21(18)29-5/h6-11H,1-5H3,(H,23,25)/b12-8+. The summed E-state index contributed by atoms with van der Waals surface area (Å²) in [6.07, 6.45) is 1.44. The number of methoxy groups -OCH3 is 2. The number of nitro groups is 1. The van der Waals surface area contributed by atoms with Crippen LogP contribution in [0, 0.1) is 24.0 Å². The number of carbonyl (C=O) groups excluding carboxylic acids is 1. The van der Waals surface area contributed by atoms with E-state index in [2.05, 4.69) is 5.32 Å². The maximum absolute atomic E-state index is 12.6. The van der Waals surface area contributed by atoms with Crippen LogP contribution in [0.2, 0.25) is 0 Å². The van der Waals surface area contributed by atoms with Gasteiger partial charge in [-0.25, -0.2) is 0 Å². The van der Waals surface area contributed by atoms with Crippen molar-refractivity contribution in [2.24, 2.45) is 0 Å². The lowest BCUT2D eigenvalue weighted by Gasteiger charge is -2.11. The first-order valence-corrected chi connectivity index (χ1v) is 9.15. The van der Waals surface area contributed by atoms with Gasteiger partial charge in [-0.15, -0.1) is 0 Å². The van der Waals surface area contributed by atoms with Crippen LogP contribution in [0.5, 0.6) is 11.5 Å². The van der Waals surface area contributed by atoms with Crippen LogP contribution in [0.3, 0.4) is 0 Å². The summed E-state index contributed by atoms with van der Waals surface area (Å²) in [5.74, 6) is 1.22. The molecule has 156 valence electrons. The van der Waals surface area contributed by atoms with Crippen LogP contribution in [0.25, 0.3) is 16.5 Å². The van der Waals surface area contributed by atoms with Gasteiger partial charge in [0, 0.05) is 29.2 Å². The van der Waals surface area contributed by atoms with E-state index in [-0.39, 0.29) is 11.4 Å². The maximum Gasteiger partial charge on any atom is 0.273 e. The summed E-state index contributed by atoms with van der Waals surface area (Å²) in [6.45, 7) is 5.68. The van der Waals surface area contributed by atoms with Gasteiger partial charge in [0.15, 0.2) is 0 Å². The molecule has 0 atom stereocenters. The van der Waals surface area contributed by atoms with Gasteiger partial charge in [-0.1, -0.05) is 0 Å². The van der Waals surface area contributed by atoms with E-state index in [4.69, 9.17) is 13.9 Å². The lowest BCUT2D eigenvalue weighted by molar-refractivity contribution is -0.384. The Balaban J connectivity index is 1.93. The number of aryl methyl sites for hydroxylation is 2. The topological polar surface area (TPSA) is 104 Å². The van der Waals surface area contributed by atoms with Crippen LogP contribution in [0.4, 0.5) is 11.4 Å². The van der Waals surface area contributed by atoms with Crippen LogP contribution in [0.1, 0.15) is 23.8 Å². The Morgan fingerprint density at radius 3 is 2.47 bits per heavy atom. The molecule has 8 heteroatoms. The predicted molar refractivity (Wildman–Crippen MR) is 114 cm³/mol. The van der Waals surface area contributed by atoms with E-state index >= 15 is 0 Å². The third kappa shape index (κ3) is 3.98. The molecule has 3 rings (SSSR count). The Bertz CT molecular complexity index is 1180. The number of fused-ring (bicyclic) bond motifs is 1. The van der Waals surface area contributed by atoms with Gasteiger partial charge in [0.25, 0.3) is 5.69 Å². The number of nitrogens with one attached hydrogen (secondary N) is 1. The van der Waals surface area contributed by atoms with Crippen LogP contribution < -0.4 is 14.8 Å². The minimum atomic E-state index is -0.528. The number of nitro benzene ring substituents is 1. The molecule has 0 saturated heterocycles. The SMILES string of the molecule is COc1cc([N+](=O)[O-])ccc1NC(=O)/C=C(\C)c1cc2c(C)c(C)oc2cc1OC. The fourth-order valence-corrected chi connectivity index (χ4v) is 3.19. The zero-order chi connectivity index (χ0) is 22.0. The van der Waals surface area contributed by atoms with Gasteiger partial charge in [0.05, 0.1) is 30.9 Å². The van der Waals surface area contributed by atoms with Crippen molar-refractivity contribution in [3.63, 3.8) is 0 Å². The first-order chi connectivity index (χ1) is 14.2. The highest BCUT2D eigenvalue weighted by Gasteiger charge is 2.16. The molecule has 0 aliphatic rings. The molecule has 2 aromatic carbocycles. The average Bonchev–Trinajstić information content (AvgIpc) is 2.99. The quantitative estimate of drug-likeness (QED) is 0.348. The fourth-order valence-electron chi connectivity index (χ4n) is 3.19. The van der Waals surface area contributed by atoms with Gasteiger partial charge in [-0.05, 0) is 44.0 Å². The summed E-state index contributed by atoms with van der Waals surface area (Å²) in [7, 11) is 2.94. The molecular weight excluding hydrogens is 388 g/mol. The van der Waals surface area contributed by atoms with Crippen LogP contribution in [-0.2, 0) is 4.79 Å². The van der Waals surface area contributed by atoms with Crippen LogP contribution >= 0.6 is 0 Å². The molecule has 0 aliphatic carbocycles. The number of amides is 1. The molecule has 30 heavy (non-hydrogen) atoms. The summed E-state index contributed by atoms with van der Waals surface area (Å²) >= 11 is 0. The highest BCUT2D eigenvalue weighted by Crippen LogP contribution is 2.35. The van der Waals surface area contributed by atoms with Crippen LogP contribution in [-0.4, -0.2) is 25.1 Å². The molecule has 0 spiro atoms. The second kappa shape index (κ2) is 8.28. The molecule has 1 heterocycles. The van der Waals surface area contributed by atoms with E-state index in [1.54, 1.807) is 20.1 Å². The number of carbonyl (C=O) groups is 1. The van der Waals surface area contributed by atoms with E-state index in [0.717, 1.165) is 27.9 Å². The molecule has 0 saturated carbocycles. The first-order valence-electron chi connectivity index (χ1n) is 9.15. The van der Waals surface area contributed by atoms with Crippen molar-refractivity contribution in [1.29, 1.82) is 0 Å². The molecule has 3 aromatic rings. The molecular formula is C22H22N2O6. The Labute approximate surface area is 173 Å². The lowest BCUT2D eigenvalue weighted by atomic mass is 10.0. The minimum Gasteiger partial charge on any atom is -0.496 e. The summed E-state index contributed by atoms with van der Waals surface area (Å²) in [5, 5.41) is 14.6. The highest BCUT2D eigenvalue weighted by molar-refractivity contribution is 6.05. The van der Waals surface area contributed by atoms with Crippen molar-refractivity contribution in [2.75, 3.05) is 19.5 Å². The highest BCUT2D eigenvalue weighted by atomic mass is 16.6. The van der Waals surface area contributed by atoms with Gasteiger partial charge in [-0.3, -0.25) is 14.9 Å². The summed E-state index contributed by atoms with van der Waals surface area (Å²) in [5.41, 5.74) is 3.41. The average molecular weight is 410 g/mol. The van der Waals surface area contributed by atoms with Crippen LogP contribution in [0.15, 0.2) is 40.8 Å². The summed E-state index contributed by atoms with van der Waals surface area (Å²) in [4.78, 5) is 23.0. The number of hydrogen-bond acceptors (Lipinski definition) is 6. The summed E-state index contributed by atoms with van der Waals surface area (Å²) < 4.78 is 16.4. The predicted octanol–water partition coefficient (Wildman–Crippen LogP) is 5.02. The Morgan fingerprint density at radius 1 is 1.13 bits per heavy atom. The minimum absolute atomic E-state index is 0.125. The van der Waals surface area contributed by atoms with Gasteiger partial charge in [0.2, 0.25) is 5.91 Å². The first kappa shape index (κ1) is 20.9. The second-order valence-electron chi connectivity index (χ2n) is 6.79. The molecule has 0 aliphatic heterocycles. The molecule has 1 amide bonds. The zero-order valence-corrected chi connectivity index (χ0v) is 17.4. The van der Waals surface area contributed by atoms with E-state index in [0.29, 0.717) is 17.0 Å². The van der Waals surface area contributed by atoms with E-state index in [1.165, 1.54) is 31.4 Å². The number of hydrogen-bond donors (Lipinski definition) is 1. The number of benzene rings is 2. The zero-order valence-electron chi connectivity index (χ0n) is 17.4. The normalized spacial score (nSPS) is 11.4. The Kier molecular flexibility index (Phi) is 5.77. The van der Waals surface area contributed by atoms with E-state index in [1.807, 2.05) is 19.9 Å². The number of anilines is 1. The maximum atomic E-state index is 12.6. The molecule has 0 unspecified atom stereocenters. The largest absolute Gasteiger partial charge is 0.496 e. The number of furan rings is 1. The fraction of sp³-hybridized carbons (Fsp3) is 0.227. The molecule has 1 N–H and O–H groups in total. The van der Waals surface area contributed by atoms with Gasteiger partial charge >= 0.3 is 0 Å². The molecule has 1 aromatic heterocycles. The third-order valence-corrected chi connectivity index (χ3v) is 4.92. The number of ether oxygens (including phenoxy) is 2. The van der Waals surface area contributed by atoms with Gasteiger partial charge in [0.1, 0.15) is 22.8 Å². The number of nitrogens with zero attached hydrogens (tertiary/aromatic N) is 1. The van der Waals surface area contributed by atoms with Crippen molar-refractivity contribution >= 4 is 33.8 Å². The van der Waals surface area contributed by atoms with E-state index in [9.17, 15) is 14.9 Å². The van der Waals surface area contributed by atoms with Crippen molar-refractivity contribution < 1.29 is 23.6 Å². The lowest BCUT2D eigenvalue weighted by Crippen LogP contribution is -2.10. The number of allylic oxidation sites excluding steroid dienone is 1. The van der Waals surface area contributed by atoms with Crippen molar-refractivity contribution in [3.8, 4) is 11.5 Å². The summed E-state index contributed by atoms with van der Waals surface area (Å²) in [6, 6.07) is 7.73. The Morgan fingerprint density at radius 2 is 1.83 bits per heavy atom. The van der Waals surface area contributed by atoms with Gasteiger partial charge in [-0.2, -0.15) is 0 Å². The smallest absolute Gasteiger partial charge is 0.273 e. The monoisotopic (exact) mass is 410 g/mol. The molecule has 0 fully saturated rings. The second-order valence-corrected chi connectivity index (χ2v) is 6.79. The Hall–Kier alpha value is -3.81. The third-order valence-electron chi connectivity index (χ3n) is 4.92. The van der Waals surface area contributed by atoms with Crippen molar-refractivity contribution in [1.82, 2.24) is 0 Å². The van der Waals surface area contributed by atoms with Crippen molar-refractivity contribution in [3.05, 3.63) is 63.4 Å². The number of rotatable bonds is 6. The van der Waals surface area contributed by atoms with E-state index < -0.39 is 10.8 Å². The van der Waals surface area contributed by atoms with Gasteiger partial charge < -0.3 is 19.2 Å². The molecule has 0 radical (unpaired) electrons. The molecule has 8 nitrogen and oxygen atoms in total. The van der Waals surface area contributed by atoms with Crippen molar-refractivity contribution in [2.45, 2.75) is 20.8 Å². The molecule has 0 bridgehead atoms.